The van der Waals surface area contributed by atoms with Gasteiger partial charge in [-0.3, -0.25) is 14.5 Å². The Morgan fingerprint density at radius 1 is 1.35 bits per heavy atom. The Hall–Kier alpha value is -1.82. The molecule has 0 N–H and O–H groups in total. The van der Waals surface area contributed by atoms with Crippen molar-refractivity contribution in [3.8, 4) is 0 Å². The van der Waals surface area contributed by atoms with E-state index in [2.05, 4.69) is 17.0 Å². The van der Waals surface area contributed by atoms with E-state index in [0.29, 0.717) is 5.75 Å². The summed E-state index contributed by atoms with van der Waals surface area (Å²) in [5.41, 5.74) is 3.43. The van der Waals surface area contributed by atoms with Gasteiger partial charge in [0.25, 0.3) is 0 Å². The normalized spacial score (nSPS) is 17.7. The number of carbonyl (C=O) groups is 1. The van der Waals surface area contributed by atoms with Gasteiger partial charge in [-0.2, -0.15) is 5.10 Å². The minimum absolute atomic E-state index is 0.175. The third-order valence-corrected chi connectivity index (χ3v) is 5.48. The first-order valence-electron chi connectivity index (χ1n) is 7.90. The Morgan fingerprint density at radius 3 is 2.74 bits per heavy atom. The summed E-state index contributed by atoms with van der Waals surface area (Å²) in [6.07, 6.45) is 5.60. The van der Waals surface area contributed by atoms with E-state index >= 15 is 0 Å². The number of hydrogen-bond acceptors (Lipinski definition) is 4. The van der Waals surface area contributed by atoms with Gasteiger partial charge in [0, 0.05) is 42.1 Å². The third kappa shape index (κ3) is 3.27. The molecule has 2 aromatic rings. The Balaban J connectivity index is 1.72. The molecule has 0 radical (unpaired) electrons. The summed E-state index contributed by atoms with van der Waals surface area (Å²) in [4.78, 5) is 19.8. The van der Waals surface area contributed by atoms with Gasteiger partial charge in [0.1, 0.15) is 0 Å². The van der Waals surface area contributed by atoms with Crippen LogP contribution in [0.3, 0.4) is 0 Å². The van der Waals surface area contributed by atoms with Crippen molar-refractivity contribution in [3.05, 3.63) is 41.5 Å². The number of carbonyl (C=O) groups excluding carboxylic acids is 1. The molecule has 1 aliphatic rings. The van der Waals surface area contributed by atoms with Crippen LogP contribution in [-0.2, 0) is 11.8 Å². The van der Waals surface area contributed by atoms with E-state index in [9.17, 15) is 4.79 Å². The molecular formula is C17H22N4OS. The van der Waals surface area contributed by atoms with Crippen molar-refractivity contribution >= 4 is 17.7 Å². The summed E-state index contributed by atoms with van der Waals surface area (Å²) in [5.74, 6) is 0.677. The molecule has 3 heterocycles. The van der Waals surface area contributed by atoms with Gasteiger partial charge in [0.05, 0.1) is 17.5 Å². The van der Waals surface area contributed by atoms with Crippen LogP contribution >= 0.6 is 11.8 Å². The molecule has 2 aromatic heterocycles. The average Bonchev–Trinajstić information content (AvgIpc) is 3.11. The molecule has 0 aromatic carbocycles. The van der Waals surface area contributed by atoms with E-state index in [1.165, 1.54) is 5.56 Å². The number of aryl methyl sites for hydroxylation is 2. The van der Waals surface area contributed by atoms with E-state index in [0.717, 1.165) is 35.7 Å². The highest BCUT2D eigenvalue weighted by molar-refractivity contribution is 8.00. The molecular weight excluding hydrogens is 308 g/mol. The molecule has 0 spiro atoms. The molecule has 0 unspecified atom stereocenters. The molecule has 1 fully saturated rings. The monoisotopic (exact) mass is 330 g/mol. The highest BCUT2D eigenvalue weighted by Gasteiger charge is 2.33. The van der Waals surface area contributed by atoms with Crippen LogP contribution in [-0.4, -0.2) is 37.9 Å². The van der Waals surface area contributed by atoms with Gasteiger partial charge in [-0.15, -0.1) is 11.8 Å². The summed E-state index contributed by atoms with van der Waals surface area (Å²) in [5, 5.41) is 4.51. The molecule has 0 bridgehead atoms. The van der Waals surface area contributed by atoms with Gasteiger partial charge in [0.2, 0.25) is 5.91 Å². The number of pyridine rings is 1. The van der Waals surface area contributed by atoms with E-state index in [1.54, 1.807) is 24.2 Å². The van der Waals surface area contributed by atoms with E-state index in [-0.39, 0.29) is 11.9 Å². The zero-order valence-electron chi connectivity index (χ0n) is 13.8. The van der Waals surface area contributed by atoms with Crippen LogP contribution in [0, 0.1) is 13.8 Å². The number of amides is 1. The molecule has 1 amide bonds. The first-order valence-corrected chi connectivity index (χ1v) is 8.89. The summed E-state index contributed by atoms with van der Waals surface area (Å²) in [6.45, 7) is 4.96. The summed E-state index contributed by atoms with van der Waals surface area (Å²) in [7, 11) is 1.96. The van der Waals surface area contributed by atoms with Gasteiger partial charge in [0.15, 0.2) is 0 Å². The van der Waals surface area contributed by atoms with Crippen molar-refractivity contribution < 1.29 is 4.79 Å². The van der Waals surface area contributed by atoms with Gasteiger partial charge < -0.3 is 4.90 Å². The van der Waals surface area contributed by atoms with E-state index < -0.39 is 0 Å². The van der Waals surface area contributed by atoms with Crippen molar-refractivity contribution in [2.45, 2.75) is 37.6 Å². The number of aromatic nitrogens is 3. The Labute approximate surface area is 141 Å². The second kappa shape index (κ2) is 6.74. The predicted octanol–water partition coefficient (Wildman–Crippen LogP) is 2.89. The van der Waals surface area contributed by atoms with Crippen molar-refractivity contribution in [3.63, 3.8) is 0 Å². The van der Waals surface area contributed by atoms with E-state index in [4.69, 9.17) is 0 Å². The summed E-state index contributed by atoms with van der Waals surface area (Å²) in [6, 6.07) is 4.05. The first kappa shape index (κ1) is 16.1. The van der Waals surface area contributed by atoms with Gasteiger partial charge in [-0.25, -0.2) is 0 Å². The molecule has 23 heavy (non-hydrogen) atoms. The van der Waals surface area contributed by atoms with Crippen LogP contribution in [0.25, 0.3) is 0 Å². The Kier molecular flexibility index (Phi) is 4.71. The minimum atomic E-state index is 0.175. The van der Waals surface area contributed by atoms with Crippen LogP contribution in [0.5, 0.6) is 0 Å². The fourth-order valence-electron chi connectivity index (χ4n) is 3.30. The zero-order chi connectivity index (χ0) is 16.4. The third-order valence-electron chi connectivity index (χ3n) is 4.48. The number of nitrogens with zero attached hydrogens (tertiary/aromatic N) is 4. The topological polar surface area (TPSA) is 51.0 Å². The second-order valence-electron chi connectivity index (χ2n) is 5.92. The summed E-state index contributed by atoms with van der Waals surface area (Å²) >= 11 is 1.57. The molecule has 122 valence electrons. The molecule has 0 aliphatic carbocycles. The standard InChI is InChI=1S/C17H22N4OS/c1-12-17(13(2)20(3)19-12)15-5-4-10-21(15)16(22)11-23-14-6-8-18-9-7-14/h6-9,15H,4-5,10-11H2,1-3H3/t15-/m0/s1. The maximum atomic E-state index is 12.7. The Bertz CT molecular complexity index is 698. The van der Waals surface area contributed by atoms with Crippen LogP contribution in [0.4, 0.5) is 0 Å². The zero-order valence-corrected chi connectivity index (χ0v) is 14.6. The number of thioether (sulfide) groups is 1. The van der Waals surface area contributed by atoms with Crippen molar-refractivity contribution in [1.29, 1.82) is 0 Å². The lowest BCUT2D eigenvalue weighted by atomic mass is 10.0. The lowest BCUT2D eigenvalue weighted by Crippen LogP contribution is -2.32. The molecule has 1 atom stereocenters. The minimum Gasteiger partial charge on any atom is -0.335 e. The maximum Gasteiger partial charge on any atom is 0.233 e. The van der Waals surface area contributed by atoms with Gasteiger partial charge in [-0.05, 0) is 38.8 Å². The molecule has 5 nitrogen and oxygen atoms in total. The molecule has 3 rings (SSSR count). The SMILES string of the molecule is Cc1nn(C)c(C)c1[C@@H]1CCCN1C(=O)CSc1ccncc1. The van der Waals surface area contributed by atoms with Crippen LogP contribution < -0.4 is 0 Å². The fourth-order valence-corrected chi connectivity index (χ4v) is 4.07. The van der Waals surface area contributed by atoms with Crippen LogP contribution in [0.1, 0.15) is 35.8 Å². The Morgan fingerprint density at radius 2 is 2.09 bits per heavy atom. The van der Waals surface area contributed by atoms with Crippen LogP contribution in [0.2, 0.25) is 0 Å². The number of likely N-dealkylation sites (tertiary alicyclic amines) is 1. The lowest BCUT2D eigenvalue weighted by molar-refractivity contribution is -0.129. The second-order valence-corrected chi connectivity index (χ2v) is 6.97. The van der Waals surface area contributed by atoms with E-state index in [1.807, 2.05) is 35.7 Å². The van der Waals surface area contributed by atoms with Crippen LogP contribution in [0.15, 0.2) is 29.4 Å². The highest BCUT2D eigenvalue weighted by atomic mass is 32.2. The van der Waals surface area contributed by atoms with Gasteiger partial charge in [-0.1, -0.05) is 0 Å². The van der Waals surface area contributed by atoms with Crippen molar-refractivity contribution in [1.82, 2.24) is 19.7 Å². The highest BCUT2D eigenvalue weighted by Crippen LogP contribution is 2.36. The predicted molar refractivity (Wildman–Crippen MR) is 91.3 cm³/mol. The molecule has 1 saturated heterocycles. The molecule has 1 aliphatic heterocycles. The average molecular weight is 330 g/mol. The molecule has 6 heteroatoms. The van der Waals surface area contributed by atoms with Crippen molar-refractivity contribution in [2.75, 3.05) is 12.3 Å². The quantitative estimate of drug-likeness (QED) is 0.809. The fraction of sp³-hybridized carbons (Fsp3) is 0.471. The first-order chi connectivity index (χ1) is 11.1. The maximum absolute atomic E-state index is 12.7. The summed E-state index contributed by atoms with van der Waals surface area (Å²) < 4.78 is 1.91. The van der Waals surface area contributed by atoms with Crippen molar-refractivity contribution in [2.24, 2.45) is 7.05 Å². The lowest BCUT2D eigenvalue weighted by Gasteiger charge is -2.25. The smallest absolute Gasteiger partial charge is 0.233 e. The van der Waals surface area contributed by atoms with Gasteiger partial charge >= 0.3 is 0 Å². The molecule has 0 saturated carbocycles. The number of rotatable bonds is 4. The largest absolute Gasteiger partial charge is 0.335 e. The number of hydrogen-bond donors (Lipinski definition) is 0.